The molecule has 1 rings (SSSR count). The topological polar surface area (TPSA) is 30.2 Å². The zero-order valence-electron chi connectivity index (χ0n) is 10.9. The quantitative estimate of drug-likeness (QED) is 0.459. The summed E-state index contributed by atoms with van der Waals surface area (Å²) in [5.41, 5.74) is 0. The number of aromatic nitrogens is 1. The Morgan fingerprint density at radius 1 is 1.41 bits per heavy atom. The van der Waals surface area contributed by atoms with Crippen molar-refractivity contribution in [3.05, 3.63) is 24.4 Å². The van der Waals surface area contributed by atoms with E-state index in [0.29, 0.717) is 6.61 Å². The second kappa shape index (κ2) is 6.05. The molecule has 3 nitrogen and oxygen atoms in total. The number of pyridine rings is 1. The molecule has 0 aliphatic rings. The number of ether oxygens (including phenoxy) is 1. The first-order valence-electron chi connectivity index (χ1n) is 5.86. The summed E-state index contributed by atoms with van der Waals surface area (Å²) >= 11 is 1.53. The van der Waals surface area contributed by atoms with Gasteiger partial charge in [-0.3, -0.25) is 4.79 Å². The Morgan fingerprint density at radius 2 is 2.12 bits per heavy atom. The monoisotopic (exact) mass is 254 g/mol. The van der Waals surface area contributed by atoms with Crippen LogP contribution in [0.15, 0.2) is 29.4 Å². The van der Waals surface area contributed by atoms with Gasteiger partial charge in [-0.25, -0.2) is 0 Å². The van der Waals surface area contributed by atoms with E-state index in [1.54, 1.807) is 0 Å². The van der Waals surface area contributed by atoms with E-state index >= 15 is 0 Å². The molecular formula is C13H20NO2S+. The van der Waals surface area contributed by atoms with Crippen molar-refractivity contribution in [1.82, 2.24) is 0 Å². The Hall–Kier alpha value is -1.03. The minimum Gasteiger partial charge on any atom is -0.465 e. The maximum atomic E-state index is 11.8. The highest BCUT2D eigenvalue weighted by Crippen LogP contribution is 2.31. The highest BCUT2D eigenvalue weighted by molar-refractivity contribution is 8.01. The Morgan fingerprint density at radius 3 is 2.71 bits per heavy atom. The minimum absolute atomic E-state index is 0.170. The normalized spacial score (nSPS) is 11.3. The molecule has 0 aliphatic carbocycles. The van der Waals surface area contributed by atoms with E-state index in [2.05, 4.69) is 11.5 Å². The van der Waals surface area contributed by atoms with Gasteiger partial charge in [0.2, 0.25) is 5.03 Å². The van der Waals surface area contributed by atoms with Crippen molar-refractivity contribution in [1.29, 1.82) is 0 Å². The fourth-order valence-electron chi connectivity index (χ4n) is 1.42. The number of aryl methyl sites for hydroxylation is 1. The molecule has 1 aromatic rings. The fourth-order valence-corrected chi connectivity index (χ4v) is 2.54. The average Bonchev–Trinajstić information content (AvgIpc) is 2.29. The third kappa shape index (κ3) is 3.73. The summed E-state index contributed by atoms with van der Waals surface area (Å²) < 4.78 is 6.64. The van der Waals surface area contributed by atoms with E-state index in [4.69, 9.17) is 4.74 Å². The molecule has 0 fully saturated rings. The van der Waals surface area contributed by atoms with Crippen LogP contribution in [0.1, 0.15) is 27.7 Å². The first-order valence-corrected chi connectivity index (χ1v) is 6.67. The van der Waals surface area contributed by atoms with E-state index in [-0.39, 0.29) is 5.97 Å². The van der Waals surface area contributed by atoms with Crippen LogP contribution in [0.5, 0.6) is 0 Å². The van der Waals surface area contributed by atoms with E-state index in [1.165, 1.54) is 11.8 Å². The first-order chi connectivity index (χ1) is 8.01. The summed E-state index contributed by atoms with van der Waals surface area (Å²) in [5, 5.41) is 1.08. The summed E-state index contributed by atoms with van der Waals surface area (Å²) in [7, 11) is 0. The summed E-state index contributed by atoms with van der Waals surface area (Å²) in [4.78, 5) is 11.8. The van der Waals surface area contributed by atoms with Gasteiger partial charge >= 0.3 is 5.97 Å². The van der Waals surface area contributed by atoms with Crippen molar-refractivity contribution >= 4 is 17.7 Å². The molecule has 1 heterocycles. The molecule has 0 aliphatic heterocycles. The number of hydrogen-bond donors (Lipinski definition) is 0. The lowest BCUT2D eigenvalue weighted by Crippen LogP contribution is -2.38. The summed E-state index contributed by atoms with van der Waals surface area (Å²) in [6.07, 6.45) is 2.02. The molecule has 0 radical (unpaired) electrons. The van der Waals surface area contributed by atoms with Gasteiger partial charge in [-0.15, -0.1) is 0 Å². The van der Waals surface area contributed by atoms with Gasteiger partial charge in [-0.05, 0) is 45.5 Å². The SMILES string of the molecule is CCOC(=O)C(C)(C)Sc1cccc[n+]1CC. The van der Waals surface area contributed by atoms with Crippen LogP contribution in [-0.2, 0) is 16.1 Å². The Labute approximate surface area is 107 Å². The highest BCUT2D eigenvalue weighted by Gasteiger charge is 2.33. The lowest BCUT2D eigenvalue weighted by atomic mass is 10.2. The van der Waals surface area contributed by atoms with Gasteiger partial charge in [0.05, 0.1) is 6.61 Å². The molecule has 17 heavy (non-hydrogen) atoms. The molecule has 0 saturated heterocycles. The highest BCUT2D eigenvalue weighted by atomic mass is 32.2. The predicted octanol–water partition coefficient (Wildman–Crippen LogP) is 2.43. The van der Waals surface area contributed by atoms with Crippen molar-refractivity contribution in [2.24, 2.45) is 0 Å². The molecule has 1 aromatic heterocycles. The van der Waals surface area contributed by atoms with Gasteiger partial charge in [0.25, 0.3) is 0 Å². The molecule has 0 N–H and O–H groups in total. The minimum atomic E-state index is -0.561. The third-order valence-corrected chi connectivity index (χ3v) is 3.62. The zero-order chi connectivity index (χ0) is 12.9. The molecular weight excluding hydrogens is 234 g/mol. The summed E-state index contributed by atoms with van der Waals surface area (Å²) in [5.74, 6) is -0.170. The van der Waals surface area contributed by atoms with Crippen molar-refractivity contribution < 1.29 is 14.1 Å². The number of thioether (sulfide) groups is 1. The molecule has 0 amide bonds. The lowest BCUT2D eigenvalue weighted by Gasteiger charge is -2.19. The molecule has 4 heteroatoms. The van der Waals surface area contributed by atoms with Crippen LogP contribution in [-0.4, -0.2) is 17.3 Å². The molecule has 0 unspecified atom stereocenters. The van der Waals surface area contributed by atoms with Crippen molar-refractivity contribution in [2.45, 2.75) is 44.0 Å². The van der Waals surface area contributed by atoms with Crippen molar-refractivity contribution in [2.75, 3.05) is 6.61 Å². The molecule has 0 aromatic carbocycles. The van der Waals surface area contributed by atoms with Crippen LogP contribution in [0.3, 0.4) is 0 Å². The van der Waals surface area contributed by atoms with Gasteiger partial charge in [0.15, 0.2) is 6.20 Å². The van der Waals surface area contributed by atoms with E-state index in [0.717, 1.165) is 11.6 Å². The molecule has 0 atom stereocenters. The second-order valence-corrected chi connectivity index (χ2v) is 5.80. The number of esters is 1. The molecule has 0 spiro atoms. The molecule has 0 saturated carbocycles. The Bertz CT molecular complexity index is 391. The van der Waals surface area contributed by atoms with Crippen LogP contribution < -0.4 is 4.57 Å². The molecule has 0 bridgehead atoms. The van der Waals surface area contributed by atoms with Gasteiger partial charge in [-0.2, -0.15) is 4.57 Å². The van der Waals surface area contributed by atoms with Crippen LogP contribution in [0.25, 0.3) is 0 Å². The van der Waals surface area contributed by atoms with Gasteiger partial charge in [0, 0.05) is 12.1 Å². The number of nitrogens with zero attached hydrogens (tertiary/aromatic N) is 1. The maximum absolute atomic E-state index is 11.8. The number of carbonyl (C=O) groups is 1. The summed E-state index contributed by atoms with van der Waals surface area (Å²) in [6, 6.07) is 6.00. The average molecular weight is 254 g/mol. The standard InChI is InChI=1S/C13H20NO2S/c1-5-14-10-8-7-9-11(14)17-13(3,4)12(15)16-6-2/h7-10H,5-6H2,1-4H3/q+1. The second-order valence-electron chi connectivity index (χ2n) is 4.16. The Kier molecular flexibility index (Phi) is 5.00. The van der Waals surface area contributed by atoms with Crippen LogP contribution in [0.4, 0.5) is 0 Å². The first kappa shape index (κ1) is 14.0. The van der Waals surface area contributed by atoms with Gasteiger partial charge in [0.1, 0.15) is 11.3 Å². The Balaban J connectivity index is 2.85. The number of rotatable bonds is 5. The maximum Gasteiger partial charge on any atom is 0.322 e. The molecule has 94 valence electrons. The fraction of sp³-hybridized carbons (Fsp3) is 0.538. The smallest absolute Gasteiger partial charge is 0.322 e. The van der Waals surface area contributed by atoms with Gasteiger partial charge in [-0.1, -0.05) is 0 Å². The largest absolute Gasteiger partial charge is 0.465 e. The number of carbonyl (C=O) groups excluding carboxylic acids is 1. The third-order valence-electron chi connectivity index (χ3n) is 2.37. The lowest BCUT2D eigenvalue weighted by molar-refractivity contribution is -0.729. The zero-order valence-corrected chi connectivity index (χ0v) is 11.7. The van der Waals surface area contributed by atoms with Crippen LogP contribution in [0, 0.1) is 0 Å². The van der Waals surface area contributed by atoms with Crippen molar-refractivity contribution in [3.63, 3.8) is 0 Å². The van der Waals surface area contributed by atoms with E-state index < -0.39 is 4.75 Å². The predicted molar refractivity (Wildman–Crippen MR) is 68.9 cm³/mol. The number of hydrogen-bond acceptors (Lipinski definition) is 3. The van der Waals surface area contributed by atoms with Gasteiger partial charge < -0.3 is 4.74 Å². The summed E-state index contributed by atoms with van der Waals surface area (Å²) in [6.45, 7) is 9.01. The van der Waals surface area contributed by atoms with Crippen molar-refractivity contribution in [3.8, 4) is 0 Å². The van der Waals surface area contributed by atoms with E-state index in [1.807, 2.05) is 45.2 Å². The van der Waals surface area contributed by atoms with Crippen LogP contribution in [0.2, 0.25) is 0 Å². The van der Waals surface area contributed by atoms with Crippen LogP contribution >= 0.6 is 11.8 Å². The van der Waals surface area contributed by atoms with E-state index in [9.17, 15) is 4.79 Å².